The van der Waals surface area contributed by atoms with Gasteiger partial charge in [-0.2, -0.15) is 0 Å². The van der Waals surface area contributed by atoms with Gasteiger partial charge in [0, 0.05) is 22.6 Å². The van der Waals surface area contributed by atoms with E-state index in [1.807, 2.05) is 12.1 Å². The minimum atomic E-state index is 0.583. The SMILES string of the molecule is CC1CC(CN)CN1Cc1ccc(-c2ccc(Br)cc2)o1. The number of hydrogen-bond acceptors (Lipinski definition) is 3. The van der Waals surface area contributed by atoms with Crippen LogP contribution in [0.1, 0.15) is 19.1 Å². The van der Waals surface area contributed by atoms with Gasteiger partial charge in [0.1, 0.15) is 11.5 Å². The van der Waals surface area contributed by atoms with E-state index in [0.717, 1.165) is 41.2 Å². The van der Waals surface area contributed by atoms with Gasteiger partial charge in [0.2, 0.25) is 0 Å². The lowest BCUT2D eigenvalue weighted by atomic mass is 10.1. The van der Waals surface area contributed by atoms with Crippen LogP contribution in [-0.2, 0) is 6.54 Å². The normalized spacial score (nSPS) is 22.8. The zero-order valence-corrected chi connectivity index (χ0v) is 13.8. The highest BCUT2D eigenvalue weighted by Gasteiger charge is 2.28. The summed E-state index contributed by atoms with van der Waals surface area (Å²) >= 11 is 3.45. The van der Waals surface area contributed by atoms with Gasteiger partial charge in [-0.05, 0) is 50.1 Å². The summed E-state index contributed by atoms with van der Waals surface area (Å²) in [6.07, 6.45) is 1.19. The summed E-state index contributed by atoms with van der Waals surface area (Å²) in [6, 6.07) is 12.9. The summed E-state index contributed by atoms with van der Waals surface area (Å²) in [5, 5.41) is 0. The van der Waals surface area contributed by atoms with E-state index in [0.29, 0.717) is 12.0 Å². The lowest BCUT2D eigenvalue weighted by Crippen LogP contribution is -2.27. The molecule has 0 radical (unpaired) electrons. The Kier molecular flexibility index (Phi) is 4.48. The zero-order chi connectivity index (χ0) is 14.8. The molecule has 2 atom stereocenters. The molecule has 1 aliphatic rings. The average Bonchev–Trinajstić information content (AvgIpc) is 3.08. The van der Waals surface area contributed by atoms with E-state index in [4.69, 9.17) is 10.2 Å². The van der Waals surface area contributed by atoms with E-state index in [1.54, 1.807) is 0 Å². The van der Waals surface area contributed by atoms with Crippen molar-refractivity contribution in [1.82, 2.24) is 4.90 Å². The Hall–Kier alpha value is -1.10. The Bertz CT molecular complexity index is 593. The maximum Gasteiger partial charge on any atom is 0.134 e. The minimum absolute atomic E-state index is 0.583. The van der Waals surface area contributed by atoms with Crippen molar-refractivity contribution in [2.45, 2.75) is 25.9 Å². The van der Waals surface area contributed by atoms with Crippen LogP contribution in [0.2, 0.25) is 0 Å². The molecule has 2 heterocycles. The molecule has 0 saturated carbocycles. The van der Waals surface area contributed by atoms with E-state index in [2.05, 4.69) is 52.0 Å². The van der Waals surface area contributed by atoms with Crippen LogP contribution >= 0.6 is 15.9 Å². The van der Waals surface area contributed by atoms with Gasteiger partial charge in [-0.3, -0.25) is 4.90 Å². The van der Waals surface area contributed by atoms with Crippen LogP contribution in [-0.4, -0.2) is 24.0 Å². The molecule has 4 heteroatoms. The summed E-state index contributed by atoms with van der Waals surface area (Å²) in [5.41, 5.74) is 6.90. The van der Waals surface area contributed by atoms with Crippen LogP contribution in [0.25, 0.3) is 11.3 Å². The van der Waals surface area contributed by atoms with Gasteiger partial charge >= 0.3 is 0 Å². The van der Waals surface area contributed by atoms with Gasteiger partial charge in [-0.1, -0.05) is 28.1 Å². The molecule has 2 unspecified atom stereocenters. The molecule has 1 fully saturated rings. The Morgan fingerprint density at radius 1 is 1.24 bits per heavy atom. The van der Waals surface area contributed by atoms with Crippen molar-refractivity contribution in [1.29, 1.82) is 0 Å². The Morgan fingerprint density at radius 3 is 2.67 bits per heavy atom. The number of hydrogen-bond donors (Lipinski definition) is 1. The summed E-state index contributed by atoms with van der Waals surface area (Å²) in [6.45, 7) is 5.00. The van der Waals surface area contributed by atoms with Crippen LogP contribution in [0.4, 0.5) is 0 Å². The molecule has 1 aromatic carbocycles. The summed E-state index contributed by atoms with van der Waals surface area (Å²) < 4.78 is 7.08. The monoisotopic (exact) mass is 348 g/mol. The first-order valence-corrected chi connectivity index (χ1v) is 8.24. The molecular weight excluding hydrogens is 328 g/mol. The van der Waals surface area contributed by atoms with Crippen LogP contribution in [0, 0.1) is 5.92 Å². The third kappa shape index (κ3) is 3.39. The van der Waals surface area contributed by atoms with Crippen molar-refractivity contribution in [3.8, 4) is 11.3 Å². The number of halogens is 1. The van der Waals surface area contributed by atoms with Crippen molar-refractivity contribution >= 4 is 15.9 Å². The molecule has 0 aliphatic carbocycles. The van der Waals surface area contributed by atoms with E-state index >= 15 is 0 Å². The quantitative estimate of drug-likeness (QED) is 0.911. The number of nitrogens with two attached hydrogens (primary N) is 1. The molecule has 1 aromatic heterocycles. The topological polar surface area (TPSA) is 42.4 Å². The first kappa shape index (κ1) is 14.8. The Labute approximate surface area is 134 Å². The van der Waals surface area contributed by atoms with E-state index < -0.39 is 0 Å². The summed E-state index contributed by atoms with van der Waals surface area (Å²) in [4.78, 5) is 2.46. The van der Waals surface area contributed by atoms with Gasteiger partial charge in [-0.25, -0.2) is 0 Å². The van der Waals surface area contributed by atoms with Gasteiger partial charge < -0.3 is 10.2 Å². The second kappa shape index (κ2) is 6.34. The highest BCUT2D eigenvalue weighted by Crippen LogP contribution is 2.27. The molecular formula is C17H21BrN2O. The Balaban J connectivity index is 1.69. The summed E-state index contributed by atoms with van der Waals surface area (Å²) in [5.74, 6) is 2.58. The van der Waals surface area contributed by atoms with E-state index in [-0.39, 0.29) is 0 Å². The fourth-order valence-electron chi connectivity index (χ4n) is 3.04. The fourth-order valence-corrected chi connectivity index (χ4v) is 3.31. The zero-order valence-electron chi connectivity index (χ0n) is 12.3. The molecule has 2 aromatic rings. The lowest BCUT2D eigenvalue weighted by Gasteiger charge is -2.19. The van der Waals surface area contributed by atoms with Gasteiger partial charge in [0.25, 0.3) is 0 Å². The molecule has 0 spiro atoms. The van der Waals surface area contributed by atoms with E-state index in [9.17, 15) is 0 Å². The maximum atomic E-state index is 6.00. The van der Waals surface area contributed by atoms with Crippen molar-refractivity contribution in [2.24, 2.45) is 11.7 Å². The van der Waals surface area contributed by atoms with Gasteiger partial charge in [-0.15, -0.1) is 0 Å². The first-order chi connectivity index (χ1) is 10.2. The highest BCUT2D eigenvalue weighted by molar-refractivity contribution is 9.10. The Morgan fingerprint density at radius 2 is 2.00 bits per heavy atom. The third-order valence-corrected chi connectivity index (χ3v) is 4.80. The van der Waals surface area contributed by atoms with Gasteiger partial charge in [0.05, 0.1) is 6.54 Å². The number of likely N-dealkylation sites (tertiary alicyclic amines) is 1. The van der Waals surface area contributed by atoms with Crippen molar-refractivity contribution in [3.63, 3.8) is 0 Å². The maximum absolute atomic E-state index is 6.00. The van der Waals surface area contributed by atoms with E-state index in [1.165, 1.54) is 6.42 Å². The third-order valence-electron chi connectivity index (χ3n) is 4.27. The van der Waals surface area contributed by atoms with Crippen molar-refractivity contribution < 1.29 is 4.42 Å². The van der Waals surface area contributed by atoms with Gasteiger partial charge in [0.15, 0.2) is 0 Å². The van der Waals surface area contributed by atoms with Crippen LogP contribution in [0.3, 0.4) is 0 Å². The van der Waals surface area contributed by atoms with Crippen LogP contribution < -0.4 is 5.73 Å². The molecule has 3 nitrogen and oxygen atoms in total. The lowest BCUT2D eigenvalue weighted by molar-refractivity contribution is 0.235. The molecule has 21 heavy (non-hydrogen) atoms. The minimum Gasteiger partial charge on any atom is -0.460 e. The molecule has 1 saturated heterocycles. The largest absolute Gasteiger partial charge is 0.460 e. The molecule has 0 bridgehead atoms. The average molecular weight is 349 g/mol. The fraction of sp³-hybridized carbons (Fsp3) is 0.412. The molecule has 1 aliphatic heterocycles. The molecule has 2 N–H and O–H groups in total. The smallest absolute Gasteiger partial charge is 0.134 e. The molecule has 3 rings (SSSR count). The van der Waals surface area contributed by atoms with Crippen molar-refractivity contribution in [2.75, 3.05) is 13.1 Å². The molecule has 112 valence electrons. The number of nitrogens with zero attached hydrogens (tertiary/aromatic N) is 1. The highest BCUT2D eigenvalue weighted by atomic mass is 79.9. The van der Waals surface area contributed by atoms with Crippen LogP contribution in [0.5, 0.6) is 0 Å². The number of rotatable bonds is 4. The number of benzene rings is 1. The van der Waals surface area contributed by atoms with Crippen LogP contribution in [0.15, 0.2) is 45.3 Å². The predicted octanol–water partition coefficient (Wildman–Crippen LogP) is 3.88. The first-order valence-electron chi connectivity index (χ1n) is 7.44. The predicted molar refractivity (Wildman–Crippen MR) is 88.9 cm³/mol. The summed E-state index contributed by atoms with van der Waals surface area (Å²) in [7, 11) is 0. The standard InChI is InChI=1S/C17H21BrN2O/c1-12-8-13(9-19)10-20(12)11-16-6-7-17(21-16)14-2-4-15(18)5-3-14/h2-7,12-13H,8-11,19H2,1H3. The van der Waals surface area contributed by atoms with Crippen molar-refractivity contribution in [3.05, 3.63) is 46.6 Å². The molecule has 0 amide bonds. The number of furan rings is 1. The second-order valence-electron chi connectivity index (χ2n) is 5.89. The second-order valence-corrected chi connectivity index (χ2v) is 6.80.